The monoisotopic (exact) mass is 302 g/mol. The zero-order valence-electron chi connectivity index (χ0n) is 13.3. The number of benzene rings is 1. The Balaban J connectivity index is 1.86. The third-order valence-electron chi connectivity index (χ3n) is 3.82. The van der Waals surface area contributed by atoms with Gasteiger partial charge in [-0.25, -0.2) is 4.99 Å². The zero-order chi connectivity index (χ0) is 15.8. The van der Waals surface area contributed by atoms with Crippen LogP contribution in [0.3, 0.4) is 0 Å². The largest absolute Gasteiger partial charge is 0.370 e. The Kier molecular flexibility index (Phi) is 6.25. The Bertz CT molecular complexity index is 504. The third kappa shape index (κ3) is 5.06. The van der Waals surface area contributed by atoms with Gasteiger partial charge >= 0.3 is 0 Å². The standard InChI is InChI=1S/C17H26N4O/c1-2-6-16(22)20-15-9-7-14(8-10-15)13-19-17(18)21-11-4-3-5-12-21/h7-10H,2-6,11-13H2,1H3,(H2,18,19)(H,20,22). The van der Waals surface area contributed by atoms with Gasteiger partial charge in [0.2, 0.25) is 5.91 Å². The molecule has 0 unspecified atom stereocenters. The molecule has 3 N–H and O–H groups in total. The average Bonchev–Trinajstić information content (AvgIpc) is 2.55. The zero-order valence-corrected chi connectivity index (χ0v) is 13.3. The van der Waals surface area contributed by atoms with Crippen LogP contribution in [0.5, 0.6) is 0 Å². The Hall–Kier alpha value is -2.04. The summed E-state index contributed by atoms with van der Waals surface area (Å²) < 4.78 is 0. The molecule has 0 saturated carbocycles. The molecule has 1 amide bonds. The molecule has 2 rings (SSSR count). The number of aliphatic imine (C=N–C) groups is 1. The Morgan fingerprint density at radius 3 is 2.55 bits per heavy atom. The van der Waals surface area contributed by atoms with Crippen molar-refractivity contribution in [3.8, 4) is 0 Å². The van der Waals surface area contributed by atoms with Gasteiger partial charge in [0.25, 0.3) is 0 Å². The van der Waals surface area contributed by atoms with E-state index in [1.54, 1.807) is 0 Å². The molecule has 1 heterocycles. The summed E-state index contributed by atoms with van der Waals surface area (Å²) in [6.07, 6.45) is 5.09. The van der Waals surface area contributed by atoms with Crippen molar-refractivity contribution in [1.82, 2.24) is 4.90 Å². The van der Waals surface area contributed by atoms with Crippen molar-refractivity contribution in [2.45, 2.75) is 45.6 Å². The number of likely N-dealkylation sites (tertiary alicyclic amines) is 1. The van der Waals surface area contributed by atoms with E-state index in [1.165, 1.54) is 19.3 Å². The molecule has 5 heteroatoms. The fraction of sp³-hybridized carbons (Fsp3) is 0.529. The van der Waals surface area contributed by atoms with Crippen molar-refractivity contribution >= 4 is 17.6 Å². The molecular formula is C17H26N4O. The van der Waals surface area contributed by atoms with E-state index in [0.717, 1.165) is 30.8 Å². The quantitative estimate of drug-likeness (QED) is 0.649. The van der Waals surface area contributed by atoms with Gasteiger partial charge in [0.15, 0.2) is 5.96 Å². The predicted octanol–water partition coefficient (Wildman–Crippen LogP) is 2.73. The molecule has 1 aromatic rings. The lowest BCUT2D eigenvalue weighted by Gasteiger charge is -2.27. The van der Waals surface area contributed by atoms with Gasteiger partial charge in [0.05, 0.1) is 6.54 Å². The third-order valence-corrected chi connectivity index (χ3v) is 3.82. The molecular weight excluding hydrogens is 276 g/mol. The van der Waals surface area contributed by atoms with Gasteiger partial charge in [-0.15, -0.1) is 0 Å². The fourth-order valence-corrected chi connectivity index (χ4v) is 2.54. The highest BCUT2D eigenvalue weighted by molar-refractivity contribution is 5.90. The molecule has 0 bridgehead atoms. The summed E-state index contributed by atoms with van der Waals surface area (Å²) in [6.45, 7) is 4.59. The number of piperidine rings is 1. The molecule has 1 aliphatic heterocycles. The number of nitrogens with one attached hydrogen (secondary N) is 1. The number of amides is 1. The Labute approximate surface area is 132 Å². The lowest BCUT2D eigenvalue weighted by molar-refractivity contribution is -0.116. The molecule has 1 saturated heterocycles. The smallest absolute Gasteiger partial charge is 0.224 e. The van der Waals surface area contributed by atoms with Crippen LogP contribution >= 0.6 is 0 Å². The van der Waals surface area contributed by atoms with Gasteiger partial charge in [-0.05, 0) is 43.4 Å². The second kappa shape index (κ2) is 8.41. The molecule has 120 valence electrons. The van der Waals surface area contributed by atoms with Crippen molar-refractivity contribution < 1.29 is 4.79 Å². The van der Waals surface area contributed by atoms with Crippen LogP contribution in [0, 0.1) is 0 Å². The number of nitrogens with zero attached hydrogens (tertiary/aromatic N) is 2. The van der Waals surface area contributed by atoms with Crippen molar-refractivity contribution in [3.05, 3.63) is 29.8 Å². The summed E-state index contributed by atoms with van der Waals surface area (Å²) in [4.78, 5) is 18.2. The van der Waals surface area contributed by atoms with E-state index in [-0.39, 0.29) is 5.91 Å². The van der Waals surface area contributed by atoms with Gasteiger partial charge < -0.3 is 16.0 Å². The summed E-state index contributed by atoms with van der Waals surface area (Å²) in [7, 11) is 0. The van der Waals surface area contributed by atoms with Crippen molar-refractivity contribution in [2.24, 2.45) is 10.7 Å². The van der Waals surface area contributed by atoms with E-state index in [0.29, 0.717) is 18.9 Å². The van der Waals surface area contributed by atoms with Crippen molar-refractivity contribution in [2.75, 3.05) is 18.4 Å². The number of anilines is 1. The minimum Gasteiger partial charge on any atom is -0.370 e. The number of hydrogen-bond acceptors (Lipinski definition) is 2. The van der Waals surface area contributed by atoms with Crippen LogP contribution in [-0.4, -0.2) is 29.9 Å². The molecule has 0 aliphatic carbocycles. The molecule has 1 aliphatic rings. The second-order valence-corrected chi connectivity index (χ2v) is 5.72. The number of carbonyl (C=O) groups is 1. The first-order valence-corrected chi connectivity index (χ1v) is 8.12. The number of nitrogens with two attached hydrogens (primary N) is 1. The van der Waals surface area contributed by atoms with Crippen LogP contribution in [0.2, 0.25) is 0 Å². The first-order valence-electron chi connectivity index (χ1n) is 8.12. The molecule has 22 heavy (non-hydrogen) atoms. The summed E-state index contributed by atoms with van der Waals surface area (Å²) in [5.74, 6) is 0.697. The highest BCUT2D eigenvalue weighted by Crippen LogP contribution is 2.12. The van der Waals surface area contributed by atoms with Crippen LogP contribution in [-0.2, 0) is 11.3 Å². The summed E-state index contributed by atoms with van der Waals surface area (Å²) >= 11 is 0. The van der Waals surface area contributed by atoms with Crippen LogP contribution in [0.1, 0.15) is 44.6 Å². The van der Waals surface area contributed by atoms with E-state index in [1.807, 2.05) is 31.2 Å². The Morgan fingerprint density at radius 2 is 1.91 bits per heavy atom. The molecule has 1 aromatic carbocycles. The summed E-state index contributed by atoms with van der Waals surface area (Å²) in [5.41, 5.74) is 7.96. The summed E-state index contributed by atoms with van der Waals surface area (Å²) in [5, 5.41) is 2.88. The van der Waals surface area contributed by atoms with Gasteiger partial charge in [-0.3, -0.25) is 4.79 Å². The van der Waals surface area contributed by atoms with Crippen LogP contribution in [0.4, 0.5) is 5.69 Å². The maximum absolute atomic E-state index is 11.5. The average molecular weight is 302 g/mol. The molecule has 0 spiro atoms. The SMILES string of the molecule is CCCC(=O)Nc1ccc(CN=C(N)N2CCCCC2)cc1. The van der Waals surface area contributed by atoms with E-state index in [4.69, 9.17) is 5.73 Å². The van der Waals surface area contributed by atoms with Crippen molar-refractivity contribution in [3.63, 3.8) is 0 Å². The topological polar surface area (TPSA) is 70.7 Å². The molecule has 5 nitrogen and oxygen atoms in total. The number of guanidine groups is 1. The van der Waals surface area contributed by atoms with Gasteiger partial charge in [0.1, 0.15) is 0 Å². The fourth-order valence-electron chi connectivity index (χ4n) is 2.54. The van der Waals surface area contributed by atoms with Crippen LogP contribution in [0.15, 0.2) is 29.3 Å². The highest BCUT2D eigenvalue weighted by Gasteiger charge is 2.11. The maximum atomic E-state index is 11.5. The van der Waals surface area contributed by atoms with Crippen LogP contribution < -0.4 is 11.1 Å². The lowest BCUT2D eigenvalue weighted by atomic mass is 10.1. The van der Waals surface area contributed by atoms with E-state index >= 15 is 0 Å². The molecule has 0 atom stereocenters. The lowest BCUT2D eigenvalue weighted by Crippen LogP contribution is -2.40. The van der Waals surface area contributed by atoms with Gasteiger partial charge in [-0.2, -0.15) is 0 Å². The maximum Gasteiger partial charge on any atom is 0.224 e. The number of hydrogen-bond donors (Lipinski definition) is 2. The molecule has 0 radical (unpaired) electrons. The van der Waals surface area contributed by atoms with E-state index < -0.39 is 0 Å². The number of rotatable bonds is 5. The van der Waals surface area contributed by atoms with E-state index in [9.17, 15) is 4.79 Å². The first-order chi connectivity index (χ1) is 10.7. The highest BCUT2D eigenvalue weighted by atomic mass is 16.1. The predicted molar refractivity (Wildman–Crippen MR) is 90.7 cm³/mol. The van der Waals surface area contributed by atoms with Crippen molar-refractivity contribution in [1.29, 1.82) is 0 Å². The van der Waals surface area contributed by atoms with Gasteiger partial charge in [0, 0.05) is 25.2 Å². The minimum atomic E-state index is 0.0580. The second-order valence-electron chi connectivity index (χ2n) is 5.72. The number of carbonyl (C=O) groups excluding carboxylic acids is 1. The van der Waals surface area contributed by atoms with Crippen LogP contribution in [0.25, 0.3) is 0 Å². The summed E-state index contributed by atoms with van der Waals surface area (Å²) in [6, 6.07) is 7.79. The molecule has 1 fully saturated rings. The normalized spacial score (nSPS) is 15.7. The van der Waals surface area contributed by atoms with Gasteiger partial charge in [-0.1, -0.05) is 19.1 Å². The molecule has 0 aromatic heterocycles. The van der Waals surface area contributed by atoms with E-state index in [2.05, 4.69) is 15.2 Å². The Morgan fingerprint density at radius 1 is 1.23 bits per heavy atom. The first kappa shape index (κ1) is 16.3. The minimum absolute atomic E-state index is 0.0580.